The molecule has 1 aliphatic rings. The molecule has 1 aliphatic heterocycles. The third-order valence-corrected chi connectivity index (χ3v) is 7.79. The zero-order valence-electron chi connectivity index (χ0n) is 20.1. The number of benzene rings is 3. The molecule has 0 atom stereocenters. The number of hydrogen-bond donors (Lipinski definition) is 0. The molecular weight excluding hydrogens is 460 g/mol. The SMILES string of the molecule is COc1ccccc1-c1ccc2oc(CN3CCN(Cc4ccccc4S(C)(=O)=O)CC3)cc2c1. The molecule has 4 aromatic rings. The van der Waals surface area contributed by atoms with E-state index in [1.807, 2.05) is 36.4 Å². The van der Waals surface area contributed by atoms with Crippen molar-refractivity contribution in [2.45, 2.75) is 18.0 Å². The van der Waals surface area contributed by atoms with Crippen molar-refractivity contribution in [1.29, 1.82) is 0 Å². The summed E-state index contributed by atoms with van der Waals surface area (Å²) < 4.78 is 35.9. The molecule has 0 bridgehead atoms. The number of para-hydroxylation sites is 1. The second kappa shape index (κ2) is 9.85. The number of sulfone groups is 1. The number of furan rings is 1. The maximum Gasteiger partial charge on any atom is 0.175 e. The van der Waals surface area contributed by atoms with Gasteiger partial charge in [0.2, 0.25) is 0 Å². The first-order valence-electron chi connectivity index (χ1n) is 11.8. The molecular formula is C28H30N2O4S. The molecule has 0 amide bonds. The number of hydrogen-bond acceptors (Lipinski definition) is 6. The summed E-state index contributed by atoms with van der Waals surface area (Å²) in [6, 6.07) is 23.7. The summed E-state index contributed by atoms with van der Waals surface area (Å²) in [5.74, 6) is 1.81. The van der Waals surface area contributed by atoms with Gasteiger partial charge >= 0.3 is 0 Å². The van der Waals surface area contributed by atoms with Crippen LogP contribution in [0.15, 0.2) is 82.1 Å². The van der Waals surface area contributed by atoms with Crippen LogP contribution >= 0.6 is 0 Å². The number of methoxy groups -OCH3 is 1. The smallest absolute Gasteiger partial charge is 0.175 e. The van der Waals surface area contributed by atoms with Crippen molar-refractivity contribution < 1.29 is 17.6 Å². The molecule has 5 rings (SSSR count). The van der Waals surface area contributed by atoms with Gasteiger partial charge < -0.3 is 9.15 Å². The number of fused-ring (bicyclic) bond motifs is 1. The lowest BCUT2D eigenvalue weighted by Crippen LogP contribution is -2.45. The Balaban J connectivity index is 1.23. The van der Waals surface area contributed by atoms with E-state index in [9.17, 15) is 8.42 Å². The fourth-order valence-corrected chi connectivity index (χ4v) is 5.72. The van der Waals surface area contributed by atoms with Crippen LogP contribution in [0.1, 0.15) is 11.3 Å². The molecule has 1 fully saturated rings. The minimum Gasteiger partial charge on any atom is -0.496 e. The van der Waals surface area contributed by atoms with E-state index < -0.39 is 9.84 Å². The summed E-state index contributed by atoms with van der Waals surface area (Å²) in [6.45, 7) is 4.99. The summed E-state index contributed by atoms with van der Waals surface area (Å²) >= 11 is 0. The summed E-state index contributed by atoms with van der Waals surface area (Å²) in [7, 11) is -1.54. The van der Waals surface area contributed by atoms with Crippen molar-refractivity contribution in [2.24, 2.45) is 0 Å². The van der Waals surface area contributed by atoms with Gasteiger partial charge in [0.15, 0.2) is 9.84 Å². The van der Waals surface area contributed by atoms with Crippen LogP contribution in [-0.2, 0) is 22.9 Å². The van der Waals surface area contributed by atoms with Crippen LogP contribution in [0.3, 0.4) is 0 Å². The zero-order valence-corrected chi connectivity index (χ0v) is 20.9. The Labute approximate surface area is 206 Å². The third kappa shape index (κ3) is 5.27. The van der Waals surface area contributed by atoms with Crippen molar-refractivity contribution in [3.05, 3.63) is 84.1 Å². The first-order valence-corrected chi connectivity index (χ1v) is 13.7. The molecule has 1 aromatic heterocycles. The van der Waals surface area contributed by atoms with Crippen LogP contribution in [0.4, 0.5) is 0 Å². The van der Waals surface area contributed by atoms with Gasteiger partial charge in [-0.15, -0.1) is 0 Å². The van der Waals surface area contributed by atoms with Gasteiger partial charge in [-0.3, -0.25) is 9.80 Å². The van der Waals surface area contributed by atoms with Crippen molar-refractivity contribution in [3.63, 3.8) is 0 Å². The van der Waals surface area contributed by atoms with Crippen LogP contribution in [-0.4, -0.2) is 57.8 Å². The maximum absolute atomic E-state index is 12.1. The topological polar surface area (TPSA) is 63.0 Å². The van der Waals surface area contributed by atoms with E-state index in [0.29, 0.717) is 11.4 Å². The van der Waals surface area contributed by atoms with Crippen LogP contribution < -0.4 is 4.74 Å². The number of nitrogens with zero attached hydrogens (tertiary/aromatic N) is 2. The van der Waals surface area contributed by atoms with Crippen molar-refractivity contribution in [3.8, 4) is 16.9 Å². The van der Waals surface area contributed by atoms with E-state index in [-0.39, 0.29) is 0 Å². The molecule has 0 unspecified atom stereocenters. The summed E-state index contributed by atoms with van der Waals surface area (Å²) in [6.07, 6.45) is 1.27. The molecule has 3 aromatic carbocycles. The third-order valence-electron chi connectivity index (χ3n) is 6.60. The Bertz CT molecular complexity index is 1440. The minimum absolute atomic E-state index is 0.428. The largest absolute Gasteiger partial charge is 0.496 e. The Hall–Kier alpha value is -3.13. The Kier molecular flexibility index (Phi) is 6.65. The molecule has 0 aliphatic carbocycles. The Morgan fingerprint density at radius 1 is 0.857 bits per heavy atom. The number of ether oxygens (including phenoxy) is 1. The van der Waals surface area contributed by atoms with E-state index in [2.05, 4.69) is 34.1 Å². The predicted molar refractivity (Wildman–Crippen MR) is 138 cm³/mol. The molecule has 0 saturated carbocycles. The van der Waals surface area contributed by atoms with Crippen LogP contribution in [0.5, 0.6) is 5.75 Å². The molecule has 2 heterocycles. The van der Waals surface area contributed by atoms with E-state index in [0.717, 1.165) is 71.9 Å². The average Bonchev–Trinajstić information content (AvgIpc) is 3.26. The first kappa shape index (κ1) is 23.6. The standard InChI is InChI=1S/C28H30N2O4S/c1-33-27-9-5-4-8-25(27)21-11-12-26-23(17-21)18-24(34-26)20-30-15-13-29(14-16-30)19-22-7-3-6-10-28(22)35(2,31)32/h3-12,17-18H,13-16,19-20H2,1-2H3. The highest BCUT2D eigenvalue weighted by atomic mass is 32.2. The highest BCUT2D eigenvalue weighted by molar-refractivity contribution is 7.90. The number of piperazine rings is 1. The van der Waals surface area contributed by atoms with E-state index >= 15 is 0 Å². The first-order chi connectivity index (χ1) is 16.9. The Morgan fingerprint density at radius 2 is 1.54 bits per heavy atom. The van der Waals surface area contributed by atoms with E-state index in [4.69, 9.17) is 9.15 Å². The second-order valence-corrected chi connectivity index (χ2v) is 11.1. The lowest BCUT2D eigenvalue weighted by Gasteiger charge is -2.34. The molecule has 0 spiro atoms. The highest BCUT2D eigenvalue weighted by Gasteiger charge is 2.21. The molecule has 7 heteroatoms. The fourth-order valence-electron chi connectivity index (χ4n) is 4.79. The van der Waals surface area contributed by atoms with Gasteiger partial charge in [0, 0.05) is 49.9 Å². The van der Waals surface area contributed by atoms with Gasteiger partial charge in [0.25, 0.3) is 0 Å². The second-order valence-electron chi connectivity index (χ2n) is 9.10. The fraction of sp³-hybridized carbons (Fsp3) is 0.286. The Morgan fingerprint density at radius 3 is 2.29 bits per heavy atom. The van der Waals surface area contributed by atoms with Gasteiger partial charge in [-0.1, -0.05) is 42.5 Å². The van der Waals surface area contributed by atoms with E-state index in [1.54, 1.807) is 19.2 Å². The average molecular weight is 491 g/mol. The zero-order chi connectivity index (χ0) is 24.4. The molecule has 6 nitrogen and oxygen atoms in total. The van der Waals surface area contributed by atoms with Crippen molar-refractivity contribution >= 4 is 20.8 Å². The van der Waals surface area contributed by atoms with Crippen LogP contribution in [0.25, 0.3) is 22.1 Å². The highest BCUT2D eigenvalue weighted by Crippen LogP contribution is 2.33. The summed E-state index contributed by atoms with van der Waals surface area (Å²) in [5.41, 5.74) is 3.92. The van der Waals surface area contributed by atoms with Gasteiger partial charge in [0.1, 0.15) is 17.1 Å². The van der Waals surface area contributed by atoms with Gasteiger partial charge in [-0.05, 0) is 41.5 Å². The minimum atomic E-state index is -3.23. The molecule has 0 radical (unpaired) electrons. The van der Waals surface area contributed by atoms with Gasteiger partial charge in [-0.25, -0.2) is 8.42 Å². The van der Waals surface area contributed by atoms with Crippen molar-refractivity contribution in [2.75, 3.05) is 39.5 Å². The molecule has 182 valence electrons. The van der Waals surface area contributed by atoms with Gasteiger partial charge in [-0.2, -0.15) is 0 Å². The maximum atomic E-state index is 12.1. The van der Waals surface area contributed by atoms with E-state index in [1.165, 1.54) is 6.26 Å². The lowest BCUT2D eigenvalue weighted by molar-refractivity contribution is 0.116. The normalized spacial score (nSPS) is 15.5. The monoisotopic (exact) mass is 490 g/mol. The van der Waals surface area contributed by atoms with Crippen molar-refractivity contribution in [1.82, 2.24) is 9.80 Å². The van der Waals surface area contributed by atoms with Crippen LogP contribution in [0, 0.1) is 0 Å². The number of rotatable bonds is 7. The molecule has 35 heavy (non-hydrogen) atoms. The quantitative estimate of drug-likeness (QED) is 0.370. The predicted octanol–water partition coefficient (Wildman–Crippen LogP) is 4.83. The summed E-state index contributed by atoms with van der Waals surface area (Å²) in [4.78, 5) is 5.13. The molecule has 1 saturated heterocycles. The summed E-state index contributed by atoms with van der Waals surface area (Å²) in [5, 5.41) is 1.08. The molecule has 0 N–H and O–H groups in total. The van der Waals surface area contributed by atoms with Gasteiger partial charge in [0.05, 0.1) is 18.6 Å². The van der Waals surface area contributed by atoms with Crippen LogP contribution in [0.2, 0.25) is 0 Å². The lowest BCUT2D eigenvalue weighted by atomic mass is 10.0.